The molecule has 4 aromatic carbocycles. The van der Waals surface area contributed by atoms with Gasteiger partial charge in [0.05, 0.1) is 34.4 Å². The summed E-state index contributed by atoms with van der Waals surface area (Å²) in [7, 11) is 1.60. The number of aromatic nitrogens is 2. The van der Waals surface area contributed by atoms with Crippen LogP contribution < -0.4 is 19.8 Å². The van der Waals surface area contributed by atoms with Gasteiger partial charge in [-0.3, -0.25) is 4.79 Å². The number of hydrogen-bond acceptors (Lipinski definition) is 6. The van der Waals surface area contributed by atoms with Gasteiger partial charge in [-0.1, -0.05) is 63.9 Å². The van der Waals surface area contributed by atoms with Gasteiger partial charge < -0.3 is 14.2 Å². The minimum absolute atomic E-state index is 0.204. The standard InChI is InChI=1S/C35H32Br2IN3O4/c1-6-44-31-13-21(4)27(17-26(31)20(2)3)34-40-30-10-8-7-9-25(30)35(42)41(34)39-18-22-14-29(38)33(32(15-22)43-5)45-19-23-11-12-24(36)16-28(23)37/h7-18,20H,6,19H2,1-5H3. The van der Waals surface area contributed by atoms with Crippen LogP contribution >= 0.6 is 54.5 Å². The van der Waals surface area contributed by atoms with Gasteiger partial charge in [-0.2, -0.15) is 9.78 Å². The summed E-state index contributed by atoms with van der Waals surface area (Å²) in [5.41, 5.74) is 4.89. The van der Waals surface area contributed by atoms with Crippen molar-refractivity contribution in [3.63, 3.8) is 0 Å². The number of benzene rings is 4. The molecule has 0 fully saturated rings. The molecule has 1 heterocycles. The first kappa shape index (κ1) is 33.2. The molecule has 0 aliphatic heterocycles. The predicted octanol–water partition coefficient (Wildman–Crippen LogP) is 9.49. The third kappa shape index (κ3) is 7.28. The predicted molar refractivity (Wildman–Crippen MR) is 196 cm³/mol. The van der Waals surface area contributed by atoms with Crippen molar-refractivity contribution in [2.75, 3.05) is 13.7 Å². The molecule has 7 nitrogen and oxygen atoms in total. The Morgan fingerprint density at radius 1 is 1.02 bits per heavy atom. The van der Waals surface area contributed by atoms with Crippen molar-refractivity contribution in [1.29, 1.82) is 0 Å². The highest BCUT2D eigenvalue weighted by Gasteiger charge is 2.19. The summed E-state index contributed by atoms with van der Waals surface area (Å²) in [5.74, 6) is 2.68. The fraction of sp³-hybridized carbons (Fsp3) is 0.229. The quantitative estimate of drug-likeness (QED) is 0.104. The van der Waals surface area contributed by atoms with E-state index in [-0.39, 0.29) is 11.5 Å². The molecule has 0 spiro atoms. The van der Waals surface area contributed by atoms with E-state index in [0.717, 1.165) is 46.1 Å². The van der Waals surface area contributed by atoms with E-state index in [0.29, 0.717) is 41.4 Å². The monoisotopic (exact) mass is 843 g/mol. The minimum Gasteiger partial charge on any atom is -0.494 e. The number of para-hydroxylation sites is 1. The van der Waals surface area contributed by atoms with Gasteiger partial charge in [0.1, 0.15) is 12.4 Å². The number of aryl methyl sites for hydroxylation is 1. The summed E-state index contributed by atoms with van der Waals surface area (Å²) in [4.78, 5) is 18.8. The van der Waals surface area contributed by atoms with Crippen molar-refractivity contribution in [3.8, 4) is 28.6 Å². The van der Waals surface area contributed by atoms with Crippen LogP contribution in [0.15, 0.2) is 85.6 Å². The molecule has 0 aliphatic carbocycles. The van der Waals surface area contributed by atoms with Gasteiger partial charge in [0, 0.05) is 20.1 Å². The second-order valence-electron chi connectivity index (χ2n) is 10.7. The lowest BCUT2D eigenvalue weighted by Crippen LogP contribution is -2.21. The second kappa shape index (κ2) is 14.5. The average Bonchev–Trinajstić information content (AvgIpc) is 3.00. The highest BCUT2D eigenvalue weighted by Crippen LogP contribution is 2.36. The fourth-order valence-corrected chi connectivity index (χ4v) is 6.89. The van der Waals surface area contributed by atoms with E-state index in [9.17, 15) is 4.79 Å². The van der Waals surface area contributed by atoms with Crippen molar-refractivity contribution in [3.05, 3.63) is 112 Å². The van der Waals surface area contributed by atoms with Crippen LogP contribution in [-0.2, 0) is 6.61 Å². The van der Waals surface area contributed by atoms with Crippen LogP contribution in [-0.4, -0.2) is 29.6 Å². The maximum atomic E-state index is 13.9. The van der Waals surface area contributed by atoms with Crippen LogP contribution in [0, 0.1) is 10.5 Å². The lowest BCUT2D eigenvalue weighted by molar-refractivity contribution is 0.281. The first-order valence-electron chi connectivity index (χ1n) is 14.4. The van der Waals surface area contributed by atoms with E-state index in [2.05, 4.69) is 74.4 Å². The molecule has 232 valence electrons. The Hall–Kier alpha value is -3.22. The molecule has 45 heavy (non-hydrogen) atoms. The summed E-state index contributed by atoms with van der Waals surface area (Å²) in [6, 6.07) is 21.1. The van der Waals surface area contributed by atoms with Crippen molar-refractivity contribution < 1.29 is 14.2 Å². The van der Waals surface area contributed by atoms with Gasteiger partial charge in [-0.05, 0) is 108 Å². The van der Waals surface area contributed by atoms with E-state index >= 15 is 0 Å². The molecule has 0 amide bonds. The highest BCUT2D eigenvalue weighted by molar-refractivity contribution is 14.1. The zero-order valence-electron chi connectivity index (χ0n) is 25.5. The summed E-state index contributed by atoms with van der Waals surface area (Å²) in [5, 5.41) is 5.20. The molecule has 10 heteroatoms. The SMILES string of the molecule is CCOc1cc(C)c(-c2nc3ccccc3c(=O)n2N=Cc2cc(I)c(OCc3ccc(Br)cc3Br)c(OC)c2)cc1C(C)C. The second-order valence-corrected chi connectivity index (χ2v) is 13.6. The zero-order valence-corrected chi connectivity index (χ0v) is 30.9. The summed E-state index contributed by atoms with van der Waals surface area (Å²) in [6.45, 7) is 9.13. The van der Waals surface area contributed by atoms with Gasteiger partial charge in [0.25, 0.3) is 5.56 Å². The Kier molecular flexibility index (Phi) is 10.7. The van der Waals surface area contributed by atoms with E-state index in [1.807, 2.05) is 68.4 Å². The van der Waals surface area contributed by atoms with Crippen molar-refractivity contribution in [1.82, 2.24) is 9.66 Å². The van der Waals surface area contributed by atoms with Crippen LogP contribution in [0.25, 0.3) is 22.3 Å². The van der Waals surface area contributed by atoms with E-state index in [4.69, 9.17) is 24.3 Å². The number of hydrogen-bond donors (Lipinski definition) is 0. The number of nitrogens with zero attached hydrogens (tertiary/aromatic N) is 3. The Morgan fingerprint density at radius 2 is 1.80 bits per heavy atom. The van der Waals surface area contributed by atoms with Crippen LogP contribution in [0.2, 0.25) is 0 Å². The molecule has 0 radical (unpaired) electrons. The van der Waals surface area contributed by atoms with Crippen LogP contribution in [0.3, 0.4) is 0 Å². The largest absolute Gasteiger partial charge is 0.494 e. The Labute approximate surface area is 293 Å². The van der Waals surface area contributed by atoms with E-state index < -0.39 is 0 Å². The molecular formula is C35H32Br2IN3O4. The zero-order chi connectivity index (χ0) is 32.2. The van der Waals surface area contributed by atoms with Gasteiger partial charge in [-0.15, -0.1) is 0 Å². The van der Waals surface area contributed by atoms with Crippen LogP contribution in [0.4, 0.5) is 0 Å². The molecule has 0 saturated heterocycles. The van der Waals surface area contributed by atoms with Gasteiger partial charge >= 0.3 is 0 Å². The fourth-order valence-electron chi connectivity index (χ4n) is 4.94. The summed E-state index contributed by atoms with van der Waals surface area (Å²) < 4.78 is 22.0. The van der Waals surface area contributed by atoms with Crippen LogP contribution in [0.1, 0.15) is 48.9 Å². The molecule has 1 aromatic heterocycles. The maximum absolute atomic E-state index is 13.9. The molecule has 0 bridgehead atoms. The van der Waals surface area contributed by atoms with E-state index in [1.165, 1.54) is 4.68 Å². The molecule has 0 saturated carbocycles. The normalized spacial score (nSPS) is 11.5. The molecule has 0 aliphatic rings. The summed E-state index contributed by atoms with van der Waals surface area (Å²) >= 11 is 9.31. The number of rotatable bonds is 10. The average molecular weight is 845 g/mol. The number of halogens is 3. The Morgan fingerprint density at radius 3 is 2.51 bits per heavy atom. The maximum Gasteiger partial charge on any atom is 0.282 e. The third-order valence-electron chi connectivity index (χ3n) is 7.23. The molecule has 5 rings (SSSR count). The molecule has 0 unspecified atom stereocenters. The third-order valence-corrected chi connectivity index (χ3v) is 9.27. The number of ether oxygens (including phenoxy) is 3. The molecule has 0 atom stereocenters. The minimum atomic E-state index is -0.257. The number of methoxy groups -OCH3 is 1. The molecule has 0 N–H and O–H groups in total. The number of fused-ring (bicyclic) bond motifs is 1. The van der Waals surface area contributed by atoms with Gasteiger partial charge in [0.2, 0.25) is 0 Å². The van der Waals surface area contributed by atoms with Gasteiger partial charge in [0.15, 0.2) is 17.3 Å². The van der Waals surface area contributed by atoms with Crippen molar-refractivity contribution in [2.45, 2.75) is 40.2 Å². The van der Waals surface area contributed by atoms with Gasteiger partial charge in [-0.25, -0.2) is 4.98 Å². The lowest BCUT2D eigenvalue weighted by atomic mass is 9.96. The Balaban J connectivity index is 1.58. The van der Waals surface area contributed by atoms with Crippen molar-refractivity contribution in [2.24, 2.45) is 5.10 Å². The van der Waals surface area contributed by atoms with Crippen LogP contribution in [0.5, 0.6) is 17.2 Å². The van der Waals surface area contributed by atoms with E-state index in [1.54, 1.807) is 19.4 Å². The van der Waals surface area contributed by atoms with Crippen molar-refractivity contribution >= 4 is 71.6 Å². The Bertz CT molecular complexity index is 1970. The molecule has 5 aromatic rings. The topological polar surface area (TPSA) is 74.9 Å². The smallest absolute Gasteiger partial charge is 0.282 e. The first-order valence-corrected chi connectivity index (χ1v) is 17.1. The molecular weight excluding hydrogens is 813 g/mol. The highest BCUT2D eigenvalue weighted by atomic mass is 127. The summed E-state index contributed by atoms with van der Waals surface area (Å²) in [6.07, 6.45) is 1.65. The lowest BCUT2D eigenvalue weighted by Gasteiger charge is -2.18. The first-order chi connectivity index (χ1) is 21.6.